The summed E-state index contributed by atoms with van der Waals surface area (Å²) in [6, 6.07) is 6.28. The molecule has 2 aromatic rings. The lowest BCUT2D eigenvalue weighted by atomic mass is 10.2. The lowest BCUT2D eigenvalue weighted by Gasteiger charge is -2.11. The number of halogens is 4. The Morgan fingerprint density at radius 3 is 2.40 bits per heavy atom. The van der Waals surface area contributed by atoms with Crippen molar-refractivity contribution in [3.05, 3.63) is 52.8 Å². The van der Waals surface area contributed by atoms with E-state index in [-0.39, 0.29) is 18.1 Å². The lowest BCUT2D eigenvalue weighted by Crippen LogP contribution is -2.05. The van der Waals surface area contributed by atoms with Crippen LogP contribution < -0.4 is 4.74 Å². The predicted molar refractivity (Wildman–Crippen MR) is 66.7 cm³/mol. The number of hydrogen-bond acceptors (Lipinski definition) is 3. The molecule has 0 radical (unpaired) electrons. The van der Waals surface area contributed by atoms with Crippen molar-refractivity contribution in [1.82, 2.24) is 4.98 Å². The van der Waals surface area contributed by atoms with Crippen LogP contribution >= 0.6 is 11.6 Å². The van der Waals surface area contributed by atoms with Gasteiger partial charge in [0, 0.05) is 0 Å². The molecule has 3 nitrogen and oxygen atoms in total. The largest absolute Gasteiger partial charge is 0.456 e. The number of aromatic nitrogens is 1. The highest BCUT2D eigenvalue weighted by molar-refractivity contribution is 6.31. The van der Waals surface area contributed by atoms with Crippen molar-refractivity contribution < 1.29 is 23.0 Å². The van der Waals surface area contributed by atoms with E-state index in [2.05, 4.69) is 4.98 Å². The number of nitrogens with zero attached hydrogens (tertiary/aromatic N) is 1. The molecule has 0 amide bonds. The molecule has 0 bridgehead atoms. The molecule has 1 N–H and O–H groups in total. The predicted octanol–water partition coefficient (Wildman–Crippen LogP) is 4.04. The van der Waals surface area contributed by atoms with Crippen LogP contribution in [0.1, 0.15) is 11.3 Å². The van der Waals surface area contributed by atoms with Crippen LogP contribution in [-0.2, 0) is 12.8 Å². The minimum Gasteiger partial charge on any atom is -0.456 e. The fraction of sp³-hybridized carbons (Fsp3) is 0.154. The smallest absolute Gasteiger partial charge is 0.417 e. The van der Waals surface area contributed by atoms with E-state index in [0.29, 0.717) is 5.69 Å². The molecule has 0 aliphatic heterocycles. The number of pyridine rings is 1. The van der Waals surface area contributed by atoms with Crippen molar-refractivity contribution in [3.63, 3.8) is 0 Å². The van der Waals surface area contributed by atoms with Gasteiger partial charge in [0.25, 0.3) is 0 Å². The van der Waals surface area contributed by atoms with Crippen LogP contribution in [0.4, 0.5) is 13.2 Å². The van der Waals surface area contributed by atoms with Crippen molar-refractivity contribution in [1.29, 1.82) is 0 Å². The first-order valence-electron chi connectivity index (χ1n) is 5.50. The Morgan fingerprint density at radius 2 is 1.85 bits per heavy atom. The summed E-state index contributed by atoms with van der Waals surface area (Å²) in [6.07, 6.45) is -3.23. The van der Waals surface area contributed by atoms with Gasteiger partial charge >= 0.3 is 6.18 Å². The number of alkyl halides is 3. The van der Waals surface area contributed by atoms with E-state index >= 15 is 0 Å². The van der Waals surface area contributed by atoms with Crippen molar-refractivity contribution >= 4 is 11.6 Å². The molecule has 7 heteroatoms. The van der Waals surface area contributed by atoms with Crippen LogP contribution in [0, 0.1) is 0 Å². The molecular formula is C13H9ClF3NO2. The van der Waals surface area contributed by atoms with E-state index in [9.17, 15) is 13.2 Å². The number of aliphatic hydroxyl groups excluding tert-OH is 1. The molecular weight excluding hydrogens is 295 g/mol. The SMILES string of the molecule is OCc1ccc(Oc2ccc(Cl)c(C(F)(F)F)c2)cn1. The van der Waals surface area contributed by atoms with Crippen LogP contribution in [0.5, 0.6) is 11.5 Å². The maximum absolute atomic E-state index is 12.7. The monoisotopic (exact) mass is 303 g/mol. The van der Waals surface area contributed by atoms with Gasteiger partial charge in [0.2, 0.25) is 0 Å². The first-order valence-corrected chi connectivity index (χ1v) is 5.88. The molecule has 20 heavy (non-hydrogen) atoms. The van der Waals surface area contributed by atoms with Crippen molar-refractivity contribution in [2.45, 2.75) is 12.8 Å². The summed E-state index contributed by atoms with van der Waals surface area (Å²) in [4.78, 5) is 3.86. The van der Waals surface area contributed by atoms with Crippen LogP contribution in [-0.4, -0.2) is 10.1 Å². The van der Waals surface area contributed by atoms with Gasteiger partial charge in [0.15, 0.2) is 0 Å². The van der Waals surface area contributed by atoms with Crippen molar-refractivity contribution in [2.75, 3.05) is 0 Å². The minimum absolute atomic E-state index is 0.000253. The van der Waals surface area contributed by atoms with Crippen LogP contribution in [0.15, 0.2) is 36.5 Å². The molecule has 1 aromatic heterocycles. The van der Waals surface area contributed by atoms with Crippen molar-refractivity contribution in [2.24, 2.45) is 0 Å². The van der Waals surface area contributed by atoms with E-state index in [1.54, 1.807) is 0 Å². The zero-order valence-corrected chi connectivity index (χ0v) is 10.7. The number of benzene rings is 1. The van der Waals surface area contributed by atoms with Gasteiger partial charge in [-0.2, -0.15) is 13.2 Å². The summed E-state index contributed by atoms with van der Waals surface area (Å²) in [5, 5.41) is 8.44. The Kier molecular flexibility index (Phi) is 4.15. The zero-order valence-electron chi connectivity index (χ0n) is 9.99. The van der Waals surface area contributed by atoms with E-state index in [0.717, 1.165) is 12.1 Å². The molecule has 0 aliphatic rings. The van der Waals surface area contributed by atoms with Gasteiger partial charge in [-0.3, -0.25) is 4.98 Å². The molecule has 0 atom stereocenters. The molecule has 106 valence electrons. The Labute approximate surface area is 117 Å². The lowest BCUT2D eigenvalue weighted by molar-refractivity contribution is -0.137. The first-order chi connectivity index (χ1) is 9.40. The molecule has 2 rings (SSSR count). The summed E-state index contributed by atoms with van der Waals surface area (Å²) in [5.41, 5.74) is -0.527. The normalized spacial score (nSPS) is 11.4. The molecule has 1 aromatic carbocycles. The van der Waals surface area contributed by atoms with Crippen LogP contribution in [0.25, 0.3) is 0 Å². The second kappa shape index (κ2) is 5.68. The van der Waals surface area contributed by atoms with Gasteiger partial charge in [0.05, 0.1) is 29.1 Å². The highest BCUT2D eigenvalue weighted by Gasteiger charge is 2.33. The van der Waals surface area contributed by atoms with Crippen molar-refractivity contribution in [3.8, 4) is 11.5 Å². The Bertz CT molecular complexity index is 600. The van der Waals surface area contributed by atoms with E-state index in [4.69, 9.17) is 21.4 Å². The summed E-state index contributed by atoms with van der Waals surface area (Å²) >= 11 is 5.51. The number of ether oxygens (including phenoxy) is 1. The second-order valence-corrected chi connectivity index (χ2v) is 4.29. The molecule has 0 unspecified atom stereocenters. The van der Waals surface area contributed by atoms with Gasteiger partial charge in [-0.1, -0.05) is 11.6 Å². The average Bonchev–Trinajstić information content (AvgIpc) is 2.40. The molecule has 0 saturated carbocycles. The minimum atomic E-state index is -4.55. The van der Waals surface area contributed by atoms with Crippen LogP contribution in [0.3, 0.4) is 0 Å². The average molecular weight is 304 g/mol. The third-order valence-electron chi connectivity index (χ3n) is 2.44. The number of rotatable bonds is 3. The van der Waals surface area contributed by atoms with Gasteiger partial charge in [0.1, 0.15) is 11.5 Å². The number of hydrogen-bond donors (Lipinski definition) is 1. The Morgan fingerprint density at radius 1 is 1.15 bits per heavy atom. The standard InChI is InChI=1S/C13H9ClF3NO2/c14-12-4-3-9(5-11(12)13(15,16)17)20-10-2-1-8(7-19)18-6-10/h1-6,19H,7H2. The fourth-order valence-corrected chi connectivity index (χ4v) is 1.71. The maximum Gasteiger partial charge on any atom is 0.417 e. The zero-order chi connectivity index (χ0) is 14.8. The quantitative estimate of drug-likeness (QED) is 0.930. The number of aliphatic hydroxyl groups is 1. The Balaban J connectivity index is 2.25. The molecule has 0 fully saturated rings. The highest BCUT2D eigenvalue weighted by atomic mass is 35.5. The first kappa shape index (κ1) is 14.6. The summed E-state index contributed by atoms with van der Waals surface area (Å²) in [7, 11) is 0. The van der Waals surface area contributed by atoms with Gasteiger partial charge in [-0.15, -0.1) is 0 Å². The maximum atomic E-state index is 12.7. The second-order valence-electron chi connectivity index (χ2n) is 3.88. The van der Waals surface area contributed by atoms with Crippen LogP contribution in [0.2, 0.25) is 5.02 Å². The molecule has 0 spiro atoms. The molecule has 0 saturated heterocycles. The molecule has 0 aliphatic carbocycles. The summed E-state index contributed by atoms with van der Waals surface area (Å²) < 4.78 is 43.3. The molecule has 1 heterocycles. The Hall–Kier alpha value is -1.79. The van der Waals surface area contributed by atoms with Gasteiger partial charge < -0.3 is 9.84 Å². The fourth-order valence-electron chi connectivity index (χ4n) is 1.49. The van der Waals surface area contributed by atoms with E-state index in [1.165, 1.54) is 24.4 Å². The van der Waals surface area contributed by atoms with E-state index in [1.807, 2.05) is 0 Å². The summed E-state index contributed by atoms with van der Waals surface area (Å²) in [5.74, 6) is 0.262. The topological polar surface area (TPSA) is 42.4 Å². The van der Waals surface area contributed by atoms with E-state index < -0.39 is 16.8 Å². The highest BCUT2D eigenvalue weighted by Crippen LogP contribution is 2.37. The third-order valence-corrected chi connectivity index (χ3v) is 2.77. The van der Waals surface area contributed by atoms with Gasteiger partial charge in [-0.25, -0.2) is 0 Å². The summed E-state index contributed by atoms with van der Waals surface area (Å²) in [6.45, 7) is -0.223. The third kappa shape index (κ3) is 3.40. The van der Waals surface area contributed by atoms with Gasteiger partial charge in [-0.05, 0) is 30.3 Å².